The number of hydrogen-bond acceptors (Lipinski definition) is 6. The SMILES string of the molecule is CN(C)CC(C)(C)CNC(=O)C1CCN(C(=O)CCCc2nc(-c3ccc(Cl)cc3)no2)CC1. The van der Waals surface area contributed by atoms with Gasteiger partial charge in [0.15, 0.2) is 0 Å². The Bertz CT molecular complexity index is 950. The Labute approximate surface area is 207 Å². The second-order valence-electron chi connectivity index (χ2n) is 10.1. The molecule has 0 bridgehead atoms. The van der Waals surface area contributed by atoms with Gasteiger partial charge in [0.2, 0.25) is 23.5 Å². The number of carbonyl (C=O) groups excluding carboxylic acids is 2. The first-order chi connectivity index (χ1) is 16.1. The van der Waals surface area contributed by atoms with Gasteiger partial charge in [-0.3, -0.25) is 9.59 Å². The molecule has 2 heterocycles. The van der Waals surface area contributed by atoms with E-state index in [1.54, 1.807) is 12.1 Å². The molecule has 1 saturated heterocycles. The molecule has 1 N–H and O–H groups in total. The predicted octanol–water partition coefficient (Wildman–Crippen LogP) is 3.66. The zero-order valence-corrected chi connectivity index (χ0v) is 21.4. The molecule has 2 amide bonds. The van der Waals surface area contributed by atoms with Gasteiger partial charge in [0, 0.05) is 55.5 Å². The summed E-state index contributed by atoms with van der Waals surface area (Å²) in [7, 11) is 4.08. The lowest BCUT2D eigenvalue weighted by atomic mass is 9.91. The highest BCUT2D eigenvalue weighted by Crippen LogP contribution is 2.21. The smallest absolute Gasteiger partial charge is 0.226 e. The maximum absolute atomic E-state index is 12.6. The van der Waals surface area contributed by atoms with E-state index in [0.29, 0.717) is 68.5 Å². The molecular weight excluding hydrogens is 454 g/mol. The number of nitrogens with zero attached hydrogens (tertiary/aromatic N) is 4. The molecular formula is C25H36ClN5O3. The molecule has 0 radical (unpaired) electrons. The largest absolute Gasteiger partial charge is 0.355 e. The van der Waals surface area contributed by atoms with Crippen molar-refractivity contribution in [1.29, 1.82) is 0 Å². The average molecular weight is 490 g/mol. The van der Waals surface area contributed by atoms with Crippen molar-refractivity contribution in [2.45, 2.75) is 46.0 Å². The van der Waals surface area contributed by atoms with Crippen LogP contribution in [0.2, 0.25) is 5.02 Å². The van der Waals surface area contributed by atoms with E-state index in [9.17, 15) is 9.59 Å². The van der Waals surface area contributed by atoms with Crippen LogP contribution in [0.3, 0.4) is 0 Å². The third-order valence-corrected chi connectivity index (χ3v) is 6.31. The third-order valence-electron chi connectivity index (χ3n) is 6.06. The molecule has 9 heteroatoms. The van der Waals surface area contributed by atoms with E-state index in [1.165, 1.54) is 0 Å². The topological polar surface area (TPSA) is 91.6 Å². The van der Waals surface area contributed by atoms with Crippen LogP contribution in [-0.4, -0.2) is 72.0 Å². The first-order valence-electron chi connectivity index (χ1n) is 11.9. The maximum atomic E-state index is 12.6. The minimum absolute atomic E-state index is 0.0176. The van der Waals surface area contributed by atoms with Crippen molar-refractivity contribution in [2.24, 2.45) is 11.3 Å². The zero-order valence-electron chi connectivity index (χ0n) is 20.6. The van der Waals surface area contributed by atoms with Crippen molar-refractivity contribution in [2.75, 3.05) is 40.3 Å². The van der Waals surface area contributed by atoms with Gasteiger partial charge in [-0.05, 0) is 63.0 Å². The highest BCUT2D eigenvalue weighted by molar-refractivity contribution is 6.30. The van der Waals surface area contributed by atoms with E-state index in [4.69, 9.17) is 16.1 Å². The van der Waals surface area contributed by atoms with E-state index in [-0.39, 0.29) is 23.1 Å². The van der Waals surface area contributed by atoms with E-state index < -0.39 is 0 Å². The standard InChI is InChI=1S/C25H36ClN5O3/c1-25(2,17-30(3)4)16-27-24(33)19-12-14-31(15-13-19)22(32)7-5-6-21-28-23(29-34-21)18-8-10-20(26)11-9-18/h8-11,19H,5-7,12-17H2,1-4H3,(H,27,33). The lowest BCUT2D eigenvalue weighted by Gasteiger charge is -2.33. The lowest BCUT2D eigenvalue weighted by Crippen LogP contribution is -2.46. The number of nitrogens with one attached hydrogen (secondary N) is 1. The first kappa shape index (κ1) is 26.2. The highest BCUT2D eigenvalue weighted by atomic mass is 35.5. The zero-order chi connectivity index (χ0) is 24.7. The summed E-state index contributed by atoms with van der Waals surface area (Å²) in [5.41, 5.74) is 0.854. The van der Waals surface area contributed by atoms with Crippen molar-refractivity contribution in [3.63, 3.8) is 0 Å². The quantitative estimate of drug-likeness (QED) is 0.547. The summed E-state index contributed by atoms with van der Waals surface area (Å²) in [6, 6.07) is 7.25. The molecule has 1 fully saturated rings. The van der Waals surface area contributed by atoms with Crippen molar-refractivity contribution in [3.05, 3.63) is 35.2 Å². The Balaban J connectivity index is 1.36. The molecule has 0 aliphatic carbocycles. The predicted molar refractivity (Wildman–Crippen MR) is 132 cm³/mol. The molecule has 8 nitrogen and oxygen atoms in total. The van der Waals surface area contributed by atoms with Crippen LogP contribution in [0.25, 0.3) is 11.4 Å². The summed E-state index contributed by atoms with van der Waals surface area (Å²) in [5.74, 6) is 1.23. The molecule has 0 spiro atoms. The van der Waals surface area contributed by atoms with Gasteiger partial charge in [0.25, 0.3) is 0 Å². The molecule has 1 aliphatic rings. The summed E-state index contributed by atoms with van der Waals surface area (Å²) in [6.07, 6.45) is 3.03. The van der Waals surface area contributed by atoms with Crippen molar-refractivity contribution >= 4 is 23.4 Å². The molecule has 0 saturated carbocycles. The van der Waals surface area contributed by atoms with Gasteiger partial charge < -0.3 is 19.6 Å². The van der Waals surface area contributed by atoms with E-state index in [1.807, 2.05) is 31.1 Å². The molecule has 0 unspecified atom stereocenters. The summed E-state index contributed by atoms with van der Waals surface area (Å²) in [4.78, 5) is 33.6. The lowest BCUT2D eigenvalue weighted by molar-refractivity contribution is -0.135. The molecule has 1 aromatic heterocycles. The number of benzene rings is 1. The normalized spacial score (nSPS) is 15.1. The summed E-state index contributed by atoms with van der Waals surface area (Å²) >= 11 is 5.91. The monoisotopic (exact) mass is 489 g/mol. The second kappa shape index (κ2) is 11.8. The minimum Gasteiger partial charge on any atom is -0.355 e. The number of amides is 2. The van der Waals surface area contributed by atoms with Gasteiger partial charge >= 0.3 is 0 Å². The van der Waals surface area contributed by atoms with Gasteiger partial charge in [-0.1, -0.05) is 30.6 Å². The van der Waals surface area contributed by atoms with Crippen molar-refractivity contribution in [1.82, 2.24) is 25.3 Å². The Morgan fingerprint density at radius 1 is 1.21 bits per heavy atom. The highest BCUT2D eigenvalue weighted by Gasteiger charge is 2.28. The second-order valence-corrected chi connectivity index (χ2v) is 10.6. The van der Waals surface area contributed by atoms with E-state index in [2.05, 4.69) is 34.2 Å². The third kappa shape index (κ3) is 7.81. The summed E-state index contributed by atoms with van der Waals surface area (Å²) in [6.45, 7) is 7.12. The molecule has 2 aromatic rings. The molecule has 34 heavy (non-hydrogen) atoms. The van der Waals surface area contributed by atoms with Crippen molar-refractivity contribution < 1.29 is 14.1 Å². The number of aromatic nitrogens is 2. The minimum atomic E-state index is -0.0242. The Hall–Kier alpha value is -2.45. The van der Waals surface area contributed by atoms with Crippen LogP contribution < -0.4 is 5.32 Å². The number of halogens is 1. The van der Waals surface area contributed by atoms with Gasteiger partial charge in [-0.15, -0.1) is 0 Å². The van der Waals surface area contributed by atoms with Crippen LogP contribution in [-0.2, 0) is 16.0 Å². The van der Waals surface area contributed by atoms with E-state index in [0.717, 1.165) is 12.1 Å². The van der Waals surface area contributed by atoms with Crippen LogP contribution >= 0.6 is 11.6 Å². The first-order valence-corrected chi connectivity index (χ1v) is 12.3. The van der Waals surface area contributed by atoms with Crippen LogP contribution in [0, 0.1) is 11.3 Å². The van der Waals surface area contributed by atoms with Gasteiger partial charge in [0.1, 0.15) is 0 Å². The molecule has 3 rings (SSSR count). The summed E-state index contributed by atoms with van der Waals surface area (Å²) < 4.78 is 5.32. The van der Waals surface area contributed by atoms with Crippen LogP contribution in [0.5, 0.6) is 0 Å². The number of rotatable bonds is 10. The maximum Gasteiger partial charge on any atom is 0.226 e. The molecule has 186 valence electrons. The fraction of sp³-hybridized carbons (Fsp3) is 0.600. The number of piperidine rings is 1. The van der Waals surface area contributed by atoms with Crippen LogP contribution in [0.4, 0.5) is 0 Å². The van der Waals surface area contributed by atoms with E-state index >= 15 is 0 Å². The average Bonchev–Trinajstić information content (AvgIpc) is 3.26. The van der Waals surface area contributed by atoms with Gasteiger partial charge in [0.05, 0.1) is 0 Å². The summed E-state index contributed by atoms with van der Waals surface area (Å²) in [5, 5.41) is 7.77. The molecule has 1 aliphatic heterocycles. The Kier molecular flexibility index (Phi) is 9.08. The number of hydrogen-bond donors (Lipinski definition) is 1. The molecule has 1 aromatic carbocycles. The van der Waals surface area contributed by atoms with Crippen molar-refractivity contribution in [3.8, 4) is 11.4 Å². The van der Waals surface area contributed by atoms with Gasteiger partial charge in [-0.2, -0.15) is 4.98 Å². The number of aryl methyl sites for hydroxylation is 1. The Morgan fingerprint density at radius 2 is 1.88 bits per heavy atom. The number of carbonyl (C=O) groups is 2. The van der Waals surface area contributed by atoms with Crippen LogP contribution in [0.1, 0.15) is 45.4 Å². The molecule has 0 atom stereocenters. The fourth-order valence-corrected chi connectivity index (χ4v) is 4.52. The fourth-order valence-electron chi connectivity index (χ4n) is 4.40. The Morgan fingerprint density at radius 3 is 2.53 bits per heavy atom. The van der Waals surface area contributed by atoms with Crippen LogP contribution in [0.15, 0.2) is 28.8 Å². The number of likely N-dealkylation sites (tertiary alicyclic amines) is 1. The van der Waals surface area contributed by atoms with Gasteiger partial charge in [-0.25, -0.2) is 0 Å².